The Bertz CT molecular complexity index is 788. The summed E-state index contributed by atoms with van der Waals surface area (Å²) in [5, 5.41) is 24.7. The summed E-state index contributed by atoms with van der Waals surface area (Å²) >= 11 is 0. The number of anilines is 2. The van der Waals surface area contributed by atoms with Gasteiger partial charge in [-0.05, 0) is 36.8 Å². The van der Waals surface area contributed by atoms with Crippen LogP contribution in [0.15, 0.2) is 42.5 Å². The number of carbonyl (C=O) groups excluding carboxylic acids is 2. The van der Waals surface area contributed by atoms with Crippen molar-refractivity contribution in [2.45, 2.75) is 6.92 Å². The Morgan fingerprint density at radius 1 is 1.09 bits per heavy atom. The van der Waals surface area contributed by atoms with E-state index in [-0.39, 0.29) is 17.1 Å². The van der Waals surface area contributed by atoms with Gasteiger partial charge in [0.1, 0.15) is 5.75 Å². The van der Waals surface area contributed by atoms with E-state index in [4.69, 9.17) is 0 Å². The number of hydrogen-bond donors (Lipinski definition) is 3. The first-order chi connectivity index (χ1) is 10.9. The van der Waals surface area contributed by atoms with Gasteiger partial charge < -0.3 is 15.7 Å². The van der Waals surface area contributed by atoms with Crippen LogP contribution in [0.3, 0.4) is 0 Å². The molecule has 0 unspecified atom stereocenters. The lowest BCUT2D eigenvalue weighted by Crippen LogP contribution is -2.29. The van der Waals surface area contributed by atoms with Crippen LogP contribution in [-0.2, 0) is 9.59 Å². The zero-order chi connectivity index (χ0) is 17.0. The molecule has 0 atom stereocenters. The topological polar surface area (TPSA) is 122 Å². The lowest BCUT2D eigenvalue weighted by molar-refractivity contribution is -0.384. The predicted octanol–water partition coefficient (Wildman–Crippen LogP) is 2.19. The second-order valence-corrected chi connectivity index (χ2v) is 4.71. The fourth-order valence-electron chi connectivity index (χ4n) is 1.85. The normalized spacial score (nSPS) is 9.96. The molecule has 0 fully saturated rings. The minimum atomic E-state index is -0.960. The fraction of sp³-hybridized carbons (Fsp3) is 0.0667. The molecule has 0 saturated carbocycles. The van der Waals surface area contributed by atoms with E-state index in [1.54, 1.807) is 6.92 Å². The van der Waals surface area contributed by atoms with Crippen LogP contribution in [0.1, 0.15) is 5.56 Å². The number of benzene rings is 2. The molecule has 0 saturated heterocycles. The van der Waals surface area contributed by atoms with Crippen LogP contribution < -0.4 is 10.6 Å². The molecule has 3 N–H and O–H groups in total. The molecule has 0 spiro atoms. The van der Waals surface area contributed by atoms with Gasteiger partial charge in [-0.3, -0.25) is 19.7 Å². The van der Waals surface area contributed by atoms with Gasteiger partial charge in [0.05, 0.1) is 4.92 Å². The number of nitrogens with zero attached hydrogens (tertiary/aromatic N) is 1. The number of nitro groups is 1. The Labute approximate surface area is 130 Å². The van der Waals surface area contributed by atoms with E-state index in [1.165, 1.54) is 36.4 Å². The molecule has 0 aliphatic rings. The average molecular weight is 315 g/mol. The van der Waals surface area contributed by atoms with Crippen molar-refractivity contribution >= 4 is 28.9 Å². The highest BCUT2D eigenvalue weighted by atomic mass is 16.6. The minimum absolute atomic E-state index is 0.0431. The third kappa shape index (κ3) is 4.03. The molecule has 23 heavy (non-hydrogen) atoms. The van der Waals surface area contributed by atoms with Crippen LogP contribution in [0.25, 0.3) is 0 Å². The van der Waals surface area contributed by atoms with Gasteiger partial charge in [-0.1, -0.05) is 6.07 Å². The van der Waals surface area contributed by atoms with Crippen molar-refractivity contribution < 1.29 is 19.6 Å². The Morgan fingerprint density at radius 3 is 2.43 bits per heavy atom. The molecule has 8 nitrogen and oxygen atoms in total. The van der Waals surface area contributed by atoms with Gasteiger partial charge >= 0.3 is 11.8 Å². The number of amides is 2. The molecule has 8 heteroatoms. The zero-order valence-electron chi connectivity index (χ0n) is 12.1. The number of phenols is 1. The van der Waals surface area contributed by atoms with E-state index in [9.17, 15) is 24.8 Å². The van der Waals surface area contributed by atoms with Crippen LogP contribution in [0, 0.1) is 17.0 Å². The molecule has 0 radical (unpaired) electrons. The molecule has 0 aliphatic carbocycles. The Kier molecular flexibility index (Phi) is 4.55. The summed E-state index contributed by atoms with van der Waals surface area (Å²) in [4.78, 5) is 33.8. The SMILES string of the molecule is Cc1cc(O)ccc1NC(=O)C(=O)Nc1cccc([N+](=O)[O-])c1. The molecular formula is C15H13N3O5. The second kappa shape index (κ2) is 6.56. The average Bonchev–Trinajstić information content (AvgIpc) is 2.50. The molecule has 2 aromatic carbocycles. The number of non-ortho nitro benzene ring substituents is 1. The molecule has 0 heterocycles. The molecular weight excluding hydrogens is 302 g/mol. The molecule has 118 valence electrons. The number of aromatic hydroxyl groups is 1. The maximum atomic E-state index is 11.9. The first-order valence-corrected chi connectivity index (χ1v) is 6.53. The van der Waals surface area contributed by atoms with Crippen LogP contribution in [-0.4, -0.2) is 21.8 Å². The quantitative estimate of drug-likeness (QED) is 0.347. The second-order valence-electron chi connectivity index (χ2n) is 4.71. The van der Waals surface area contributed by atoms with E-state index < -0.39 is 16.7 Å². The lowest BCUT2D eigenvalue weighted by Gasteiger charge is -2.09. The van der Waals surface area contributed by atoms with Gasteiger partial charge in [0.2, 0.25) is 0 Å². The van der Waals surface area contributed by atoms with Crippen LogP contribution in [0.2, 0.25) is 0 Å². The smallest absolute Gasteiger partial charge is 0.314 e. The Morgan fingerprint density at radius 2 is 1.78 bits per heavy atom. The van der Waals surface area contributed by atoms with Crippen molar-refractivity contribution in [3.8, 4) is 5.75 Å². The van der Waals surface area contributed by atoms with Gasteiger partial charge in [-0.25, -0.2) is 0 Å². The monoisotopic (exact) mass is 315 g/mol. The van der Waals surface area contributed by atoms with E-state index in [1.807, 2.05) is 0 Å². The number of carbonyl (C=O) groups is 2. The van der Waals surface area contributed by atoms with Gasteiger partial charge in [0, 0.05) is 23.5 Å². The van der Waals surface area contributed by atoms with Crippen molar-refractivity contribution in [2.24, 2.45) is 0 Å². The largest absolute Gasteiger partial charge is 0.508 e. The maximum Gasteiger partial charge on any atom is 0.314 e. The molecule has 0 bridgehead atoms. The highest BCUT2D eigenvalue weighted by Crippen LogP contribution is 2.20. The third-order valence-electron chi connectivity index (χ3n) is 2.98. The third-order valence-corrected chi connectivity index (χ3v) is 2.98. The number of nitro benzene ring substituents is 1. The number of nitrogens with one attached hydrogen (secondary N) is 2. The van der Waals surface area contributed by atoms with Gasteiger partial charge in [0.25, 0.3) is 5.69 Å². The standard InChI is InChI=1S/C15H13N3O5/c1-9-7-12(19)5-6-13(9)17-15(21)14(20)16-10-3-2-4-11(8-10)18(22)23/h2-8,19H,1H3,(H,16,20)(H,17,21). The molecule has 2 aromatic rings. The number of phenolic OH excluding ortho intramolecular Hbond substituents is 1. The van der Waals surface area contributed by atoms with Gasteiger partial charge in [-0.2, -0.15) is 0 Å². The number of rotatable bonds is 3. The van der Waals surface area contributed by atoms with Crippen LogP contribution in [0.4, 0.5) is 17.1 Å². The summed E-state index contributed by atoms with van der Waals surface area (Å²) in [5.74, 6) is -1.84. The summed E-state index contributed by atoms with van der Waals surface area (Å²) in [7, 11) is 0. The van der Waals surface area contributed by atoms with Crippen molar-refractivity contribution in [3.05, 3.63) is 58.1 Å². The molecule has 0 aromatic heterocycles. The van der Waals surface area contributed by atoms with E-state index in [2.05, 4.69) is 10.6 Å². The first-order valence-electron chi connectivity index (χ1n) is 6.53. The van der Waals surface area contributed by atoms with Crippen LogP contribution >= 0.6 is 0 Å². The van der Waals surface area contributed by atoms with Crippen LogP contribution in [0.5, 0.6) is 5.75 Å². The van der Waals surface area contributed by atoms with Gasteiger partial charge in [-0.15, -0.1) is 0 Å². The summed E-state index contributed by atoms with van der Waals surface area (Å²) in [6, 6.07) is 9.53. The summed E-state index contributed by atoms with van der Waals surface area (Å²) in [5.41, 5.74) is 0.905. The number of hydrogen-bond acceptors (Lipinski definition) is 5. The predicted molar refractivity (Wildman–Crippen MR) is 83.2 cm³/mol. The summed E-state index contributed by atoms with van der Waals surface area (Å²) in [6.45, 7) is 1.66. The highest BCUT2D eigenvalue weighted by Gasteiger charge is 2.16. The van der Waals surface area contributed by atoms with E-state index in [0.717, 1.165) is 6.07 Å². The van der Waals surface area contributed by atoms with E-state index >= 15 is 0 Å². The number of aryl methyl sites for hydroxylation is 1. The molecule has 2 rings (SSSR count). The van der Waals surface area contributed by atoms with Crippen molar-refractivity contribution in [2.75, 3.05) is 10.6 Å². The molecule has 0 aliphatic heterocycles. The first kappa shape index (κ1) is 16.0. The minimum Gasteiger partial charge on any atom is -0.508 e. The van der Waals surface area contributed by atoms with Crippen molar-refractivity contribution in [3.63, 3.8) is 0 Å². The van der Waals surface area contributed by atoms with Gasteiger partial charge in [0.15, 0.2) is 0 Å². The highest BCUT2D eigenvalue weighted by molar-refractivity contribution is 6.43. The molecule has 2 amide bonds. The maximum absolute atomic E-state index is 11.9. The summed E-state index contributed by atoms with van der Waals surface area (Å²) in [6.07, 6.45) is 0. The fourth-order valence-corrected chi connectivity index (χ4v) is 1.85. The Hall–Kier alpha value is -3.42. The van der Waals surface area contributed by atoms with Crippen molar-refractivity contribution in [1.82, 2.24) is 0 Å². The zero-order valence-corrected chi connectivity index (χ0v) is 12.1. The van der Waals surface area contributed by atoms with E-state index in [0.29, 0.717) is 11.3 Å². The lowest BCUT2D eigenvalue weighted by atomic mass is 10.2. The Balaban J connectivity index is 2.07. The van der Waals surface area contributed by atoms with Crippen molar-refractivity contribution in [1.29, 1.82) is 0 Å². The summed E-state index contributed by atoms with van der Waals surface area (Å²) < 4.78 is 0.